The van der Waals surface area contributed by atoms with Gasteiger partial charge in [0.25, 0.3) is 0 Å². The van der Waals surface area contributed by atoms with Crippen LogP contribution in [0.2, 0.25) is 5.02 Å². The minimum absolute atomic E-state index is 0.117. The summed E-state index contributed by atoms with van der Waals surface area (Å²) in [6.07, 6.45) is 2.47. The molecule has 1 aromatic heterocycles. The highest BCUT2D eigenvalue weighted by Crippen LogP contribution is 2.36. The zero-order chi connectivity index (χ0) is 21.7. The van der Waals surface area contributed by atoms with Crippen LogP contribution in [-0.4, -0.2) is 18.5 Å². The standard InChI is InChI=1S/C23H19ClFNO3S/c1-3-29-23(28)21-17(15-9-7-14(2)8-10-15)13-30-22(21)26-20(27)12-11-16-18(24)5-4-6-19(16)25/h4-13H,3H2,1-2H3,(H,26,27). The van der Waals surface area contributed by atoms with E-state index in [4.69, 9.17) is 16.3 Å². The van der Waals surface area contributed by atoms with Crippen molar-refractivity contribution >= 4 is 45.9 Å². The van der Waals surface area contributed by atoms with E-state index in [9.17, 15) is 14.0 Å². The Morgan fingerprint density at radius 3 is 2.60 bits per heavy atom. The average molecular weight is 444 g/mol. The van der Waals surface area contributed by atoms with Crippen molar-refractivity contribution in [3.63, 3.8) is 0 Å². The number of esters is 1. The van der Waals surface area contributed by atoms with E-state index in [2.05, 4.69) is 5.32 Å². The zero-order valence-electron chi connectivity index (χ0n) is 16.4. The molecule has 4 nitrogen and oxygen atoms in total. The van der Waals surface area contributed by atoms with E-state index < -0.39 is 17.7 Å². The Morgan fingerprint density at radius 1 is 1.20 bits per heavy atom. The van der Waals surface area contributed by atoms with Gasteiger partial charge in [-0.05, 0) is 37.6 Å². The van der Waals surface area contributed by atoms with Crippen LogP contribution in [-0.2, 0) is 9.53 Å². The third-order valence-electron chi connectivity index (χ3n) is 4.27. The molecule has 0 spiro atoms. The number of rotatable bonds is 6. The van der Waals surface area contributed by atoms with E-state index in [0.29, 0.717) is 10.6 Å². The predicted molar refractivity (Wildman–Crippen MR) is 120 cm³/mol. The van der Waals surface area contributed by atoms with E-state index in [0.717, 1.165) is 11.1 Å². The summed E-state index contributed by atoms with van der Waals surface area (Å²) >= 11 is 7.19. The molecule has 1 N–H and O–H groups in total. The molecule has 1 amide bonds. The second kappa shape index (κ2) is 9.69. The van der Waals surface area contributed by atoms with Crippen LogP contribution in [0.25, 0.3) is 17.2 Å². The van der Waals surface area contributed by atoms with Crippen LogP contribution < -0.4 is 5.32 Å². The van der Waals surface area contributed by atoms with Crippen LogP contribution >= 0.6 is 22.9 Å². The molecular weight excluding hydrogens is 425 g/mol. The molecule has 0 saturated heterocycles. The molecule has 0 aliphatic heterocycles. The topological polar surface area (TPSA) is 55.4 Å². The molecular formula is C23H19ClFNO3S. The maximum atomic E-state index is 13.9. The highest BCUT2D eigenvalue weighted by molar-refractivity contribution is 7.15. The molecule has 30 heavy (non-hydrogen) atoms. The van der Waals surface area contributed by atoms with Gasteiger partial charge in [-0.15, -0.1) is 11.3 Å². The molecule has 3 aromatic rings. The molecule has 0 aliphatic rings. The molecule has 7 heteroatoms. The normalized spacial score (nSPS) is 10.9. The maximum absolute atomic E-state index is 13.9. The molecule has 1 heterocycles. The van der Waals surface area contributed by atoms with Gasteiger partial charge in [0.05, 0.1) is 11.6 Å². The van der Waals surface area contributed by atoms with Crippen molar-refractivity contribution in [3.05, 3.63) is 81.5 Å². The fourth-order valence-electron chi connectivity index (χ4n) is 2.78. The van der Waals surface area contributed by atoms with Crippen molar-refractivity contribution in [2.45, 2.75) is 13.8 Å². The number of amides is 1. The van der Waals surface area contributed by atoms with Crippen molar-refractivity contribution in [2.24, 2.45) is 0 Å². The molecule has 0 aliphatic carbocycles. The minimum atomic E-state index is -0.531. The molecule has 0 atom stereocenters. The number of aryl methyl sites for hydroxylation is 1. The first-order valence-electron chi connectivity index (χ1n) is 9.19. The SMILES string of the molecule is CCOC(=O)c1c(-c2ccc(C)cc2)csc1NC(=O)C=Cc1c(F)cccc1Cl. The van der Waals surface area contributed by atoms with Crippen LogP contribution in [0.4, 0.5) is 9.39 Å². The van der Waals surface area contributed by atoms with Crippen molar-refractivity contribution in [2.75, 3.05) is 11.9 Å². The molecule has 0 fully saturated rings. The summed E-state index contributed by atoms with van der Waals surface area (Å²) in [5.41, 5.74) is 3.02. The second-order valence-electron chi connectivity index (χ2n) is 6.40. The Labute approximate surface area is 183 Å². The van der Waals surface area contributed by atoms with Gasteiger partial charge in [-0.2, -0.15) is 0 Å². The fourth-order valence-corrected chi connectivity index (χ4v) is 3.97. The highest BCUT2D eigenvalue weighted by Gasteiger charge is 2.22. The number of ether oxygens (including phenoxy) is 1. The lowest BCUT2D eigenvalue weighted by atomic mass is 10.0. The van der Waals surface area contributed by atoms with Gasteiger partial charge in [0.1, 0.15) is 16.4 Å². The van der Waals surface area contributed by atoms with Gasteiger partial charge in [0.2, 0.25) is 5.91 Å². The third-order valence-corrected chi connectivity index (χ3v) is 5.50. The summed E-state index contributed by atoms with van der Waals surface area (Å²) < 4.78 is 19.1. The van der Waals surface area contributed by atoms with Crippen molar-refractivity contribution in [1.29, 1.82) is 0 Å². The number of hydrogen-bond donors (Lipinski definition) is 1. The lowest BCUT2D eigenvalue weighted by molar-refractivity contribution is -0.111. The Morgan fingerprint density at radius 2 is 1.93 bits per heavy atom. The Balaban J connectivity index is 1.90. The van der Waals surface area contributed by atoms with Crippen LogP contribution in [0.1, 0.15) is 28.4 Å². The predicted octanol–water partition coefficient (Wildman–Crippen LogP) is 6.34. The van der Waals surface area contributed by atoms with Gasteiger partial charge in [0, 0.05) is 22.6 Å². The molecule has 0 radical (unpaired) electrons. The first-order valence-corrected chi connectivity index (χ1v) is 10.4. The number of carbonyl (C=O) groups excluding carboxylic acids is 2. The molecule has 3 rings (SSSR count). The third kappa shape index (κ3) is 4.96. The summed E-state index contributed by atoms with van der Waals surface area (Å²) in [5.74, 6) is -1.57. The summed E-state index contributed by atoms with van der Waals surface area (Å²) in [4.78, 5) is 25.0. The number of anilines is 1. The van der Waals surface area contributed by atoms with Gasteiger partial charge >= 0.3 is 5.97 Å². The first-order chi connectivity index (χ1) is 14.4. The summed E-state index contributed by atoms with van der Waals surface area (Å²) in [6, 6.07) is 12.0. The fraction of sp³-hybridized carbons (Fsp3) is 0.130. The second-order valence-corrected chi connectivity index (χ2v) is 7.68. The van der Waals surface area contributed by atoms with Crippen LogP contribution in [0, 0.1) is 12.7 Å². The van der Waals surface area contributed by atoms with Gasteiger partial charge < -0.3 is 10.1 Å². The van der Waals surface area contributed by atoms with Crippen LogP contribution in [0.15, 0.2) is 53.9 Å². The van der Waals surface area contributed by atoms with Crippen molar-refractivity contribution in [3.8, 4) is 11.1 Å². The van der Waals surface area contributed by atoms with Gasteiger partial charge in [0.15, 0.2) is 0 Å². The van der Waals surface area contributed by atoms with Crippen molar-refractivity contribution < 1.29 is 18.7 Å². The first kappa shape index (κ1) is 21.7. The lowest BCUT2D eigenvalue weighted by Crippen LogP contribution is -2.12. The van der Waals surface area contributed by atoms with E-state index in [1.807, 2.05) is 31.2 Å². The number of hydrogen-bond acceptors (Lipinski definition) is 4. The molecule has 0 bridgehead atoms. The summed E-state index contributed by atoms with van der Waals surface area (Å²) in [7, 11) is 0. The number of halogens is 2. The van der Waals surface area contributed by atoms with Crippen molar-refractivity contribution in [1.82, 2.24) is 0 Å². The monoisotopic (exact) mass is 443 g/mol. The van der Waals surface area contributed by atoms with Gasteiger partial charge in [-0.1, -0.05) is 47.5 Å². The molecule has 0 saturated carbocycles. The summed E-state index contributed by atoms with van der Waals surface area (Å²) in [6.45, 7) is 3.90. The lowest BCUT2D eigenvalue weighted by Gasteiger charge is -2.08. The van der Waals surface area contributed by atoms with Crippen LogP contribution in [0.3, 0.4) is 0 Å². The molecule has 2 aromatic carbocycles. The minimum Gasteiger partial charge on any atom is -0.462 e. The van der Waals surface area contributed by atoms with E-state index >= 15 is 0 Å². The smallest absolute Gasteiger partial charge is 0.341 e. The highest BCUT2D eigenvalue weighted by atomic mass is 35.5. The summed E-state index contributed by atoms with van der Waals surface area (Å²) in [5, 5.41) is 5.04. The zero-order valence-corrected chi connectivity index (χ0v) is 17.9. The van der Waals surface area contributed by atoms with Crippen LogP contribution in [0.5, 0.6) is 0 Å². The Hall–Kier alpha value is -2.96. The Kier molecular flexibility index (Phi) is 7.03. The maximum Gasteiger partial charge on any atom is 0.341 e. The number of benzene rings is 2. The Bertz CT molecular complexity index is 1090. The number of thiophene rings is 1. The number of carbonyl (C=O) groups is 2. The number of nitrogens with one attached hydrogen (secondary N) is 1. The largest absolute Gasteiger partial charge is 0.462 e. The van der Waals surface area contributed by atoms with E-state index in [-0.39, 0.29) is 22.8 Å². The van der Waals surface area contributed by atoms with E-state index in [1.165, 1.54) is 41.7 Å². The van der Waals surface area contributed by atoms with Gasteiger partial charge in [-0.25, -0.2) is 9.18 Å². The van der Waals surface area contributed by atoms with E-state index in [1.54, 1.807) is 12.3 Å². The molecule has 0 unspecified atom stereocenters. The molecule has 154 valence electrons. The van der Waals surface area contributed by atoms with Gasteiger partial charge in [-0.3, -0.25) is 4.79 Å². The quantitative estimate of drug-likeness (QED) is 0.357. The average Bonchev–Trinajstić information content (AvgIpc) is 3.12.